The first-order chi connectivity index (χ1) is 34.2. The minimum absolute atomic E-state index is 0.473. The number of aromatic nitrogens is 1. The summed E-state index contributed by atoms with van der Waals surface area (Å²) in [5.74, 6) is 0. The molecular formula is C68H43N. The topological polar surface area (TPSA) is 4.93 Å². The van der Waals surface area contributed by atoms with Crippen LogP contribution in [0.4, 0.5) is 0 Å². The van der Waals surface area contributed by atoms with E-state index in [1.54, 1.807) is 0 Å². The van der Waals surface area contributed by atoms with Gasteiger partial charge < -0.3 is 4.57 Å². The summed E-state index contributed by atoms with van der Waals surface area (Å²) in [5.41, 5.74) is 25.8. The molecule has 1 aromatic heterocycles. The first-order valence-electron chi connectivity index (χ1n) is 24.2. The lowest BCUT2D eigenvalue weighted by Gasteiger charge is -2.48. The van der Waals surface area contributed by atoms with E-state index in [9.17, 15) is 0 Å². The number of hydrogen-bond donors (Lipinski definition) is 0. The predicted molar refractivity (Wildman–Crippen MR) is 285 cm³/mol. The van der Waals surface area contributed by atoms with Gasteiger partial charge in [-0.2, -0.15) is 0 Å². The number of benzene rings is 11. The molecule has 0 fully saturated rings. The molecule has 0 radical (unpaired) electrons. The highest BCUT2D eigenvalue weighted by Gasteiger charge is 2.59. The molecule has 0 aliphatic heterocycles. The summed E-state index contributed by atoms with van der Waals surface area (Å²) in [5, 5.41) is 2.47. The zero-order valence-corrected chi connectivity index (χ0v) is 37.8. The third kappa shape index (κ3) is 5.04. The predicted octanol–water partition coefficient (Wildman–Crippen LogP) is 16.8. The summed E-state index contributed by atoms with van der Waals surface area (Å²) in [4.78, 5) is 0. The van der Waals surface area contributed by atoms with E-state index < -0.39 is 10.8 Å². The molecule has 1 nitrogen and oxygen atoms in total. The van der Waals surface area contributed by atoms with Crippen molar-refractivity contribution in [1.82, 2.24) is 4.57 Å². The quantitative estimate of drug-likeness (QED) is 0.166. The van der Waals surface area contributed by atoms with Gasteiger partial charge >= 0.3 is 0 Å². The van der Waals surface area contributed by atoms with Gasteiger partial charge in [0, 0.05) is 16.5 Å². The molecule has 1 heteroatoms. The van der Waals surface area contributed by atoms with Crippen LogP contribution in [-0.4, -0.2) is 4.57 Å². The summed E-state index contributed by atoms with van der Waals surface area (Å²) in [6, 6.07) is 98.1. The van der Waals surface area contributed by atoms with E-state index >= 15 is 0 Å². The zero-order chi connectivity index (χ0) is 45.3. The van der Waals surface area contributed by atoms with Crippen LogP contribution in [0.25, 0.3) is 83.1 Å². The maximum Gasteiger partial charge on any atom is 0.0720 e. The molecule has 320 valence electrons. The molecule has 0 atom stereocenters. The Morgan fingerprint density at radius 3 is 1.17 bits per heavy atom. The normalized spacial score (nSPS) is 14.0. The lowest BCUT2D eigenvalue weighted by molar-refractivity contribution is 0.633. The standard InChI is InChI=1S/C68H43N/c1-3-19-44(20-4-1)46-23-17-24-49(41-46)69-64-39-37-47(45-21-5-2-6-22-45)42-54(64)55-43-48(38-40-65(55)69)50-28-18-36-63-66(50)53-27-9-12-31-58(53)68(63)61-34-15-13-32-59(61)67(60-33-14-16-35-62(60)68)56-29-10-7-25-51(56)52-26-8-11-30-57(52)67/h1-43H. The van der Waals surface area contributed by atoms with E-state index in [1.165, 1.54) is 122 Å². The van der Waals surface area contributed by atoms with Crippen LogP contribution >= 0.6 is 0 Å². The van der Waals surface area contributed by atoms with Gasteiger partial charge in [-0.05, 0) is 137 Å². The number of fused-ring (bicyclic) bond motifs is 19. The minimum atomic E-state index is -0.554. The van der Waals surface area contributed by atoms with Gasteiger partial charge in [0.25, 0.3) is 0 Å². The second kappa shape index (κ2) is 14.4. The summed E-state index contributed by atoms with van der Waals surface area (Å²) >= 11 is 0. The molecular weight excluding hydrogens is 831 g/mol. The summed E-state index contributed by atoms with van der Waals surface area (Å²) in [6.45, 7) is 0. The van der Waals surface area contributed by atoms with Crippen molar-refractivity contribution in [2.75, 3.05) is 0 Å². The van der Waals surface area contributed by atoms with Gasteiger partial charge in [-0.1, -0.05) is 224 Å². The van der Waals surface area contributed by atoms with E-state index in [0.29, 0.717) is 0 Å². The molecule has 0 amide bonds. The van der Waals surface area contributed by atoms with Crippen LogP contribution in [0.2, 0.25) is 0 Å². The summed E-state index contributed by atoms with van der Waals surface area (Å²) in [6.07, 6.45) is 0. The van der Waals surface area contributed by atoms with E-state index in [-0.39, 0.29) is 0 Å². The van der Waals surface area contributed by atoms with Gasteiger partial charge in [-0.15, -0.1) is 0 Å². The Balaban J connectivity index is 0.991. The van der Waals surface area contributed by atoms with Gasteiger partial charge in [0.15, 0.2) is 0 Å². The fraction of sp³-hybridized carbons (Fsp3) is 0.0294. The second-order valence-electron chi connectivity index (χ2n) is 19.0. The van der Waals surface area contributed by atoms with Crippen LogP contribution < -0.4 is 0 Å². The number of rotatable bonds is 4. The molecule has 0 saturated carbocycles. The van der Waals surface area contributed by atoms with E-state index in [0.717, 1.165) is 5.69 Å². The van der Waals surface area contributed by atoms with Crippen molar-refractivity contribution in [2.24, 2.45) is 0 Å². The number of nitrogens with zero attached hydrogens (tertiary/aromatic N) is 1. The average Bonchev–Trinajstić information content (AvgIpc) is 4.03. The first kappa shape index (κ1) is 38.3. The van der Waals surface area contributed by atoms with Crippen molar-refractivity contribution in [3.63, 3.8) is 0 Å². The van der Waals surface area contributed by atoms with Crippen molar-refractivity contribution < 1.29 is 0 Å². The third-order valence-electron chi connectivity index (χ3n) is 15.9. The van der Waals surface area contributed by atoms with Crippen LogP contribution in [0.1, 0.15) is 44.5 Å². The highest BCUT2D eigenvalue weighted by molar-refractivity contribution is 6.12. The molecule has 69 heavy (non-hydrogen) atoms. The van der Waals surface area contributed by atoms with Crippen LogP contribution in [0.5, 0.6) is 0 Å². The van der Waals surface area contributed by atoms with E-state index in [1.807, 2.05) is 0 Å². The Morgan fingerprint density at radius 1 is 0.232 bits per heavy atom. The maximum absolute atomic E-state index is 2.47. The molecule has 12 aromatic rings. The van der Waals surface area contributed by atoms with Gasteiger partial charge in [0.05, 0.1) is 21.9 Å². The van der Waals surface area contributed by atoms with Crippen molar-refractivity contribution in [3.05, 3.63) is 305 Å². The molecule has 0 N–H and O–H groups in total. The van der Waals surface area contributed by atoms with Crippen LogP contribution in [0.3, 0.4) is 0 Å². The Bertz CT molecular complexity index is 3980. The minimum Gasteiger partial charge on any atom is -0.309 e. The lowest BCUT2D eigenvalue weighted by atomic mass is 9.52. The largest absolute Gasteiger partial charge is 0.309 e. The first-order valence-corrected chi connectivity index (χ1v) is 24.2. The second-order valence-corrected chi connectivity index (χ2v) is 19.0. The fourth-order valence-electron chi connectivity index (χ4n) is 13.3. The Hall–Kier alpha value is -8.78. The molecule has 0 saturated heterocycles. The van der Waals surface area contributed by atoms with Crippen LogP contribution in [0.15, 0.2) is 261 Å². The lowest BCUT2D eigenvalue weighted by Crippen LogP contribution is -2.43. The van der Waals surface area contributed by atoms with Gasteiger partial charge in [-0.25, -0.2) is 0 Å². The van der Waals surface area contributed by atoms with Gasteiger partial charge in [-0.3, -0.25) is 0 Å². The van der Waals surface area contributed by atoms with Crippen molar-refractivity contribution in [3.8, 4) is 61.3 Å². The SMILES string of the molecule is c1ccc(-c2cccc(-n3c4ccc(-c5ccccc5)cc4c4cc(-c5cccc6c5-c5ccccc5C65c6ccccc6C6(c7ccccc7-c7ccccc76)c6ccccc65)ccc43)c2)cc1. The molecule has 1 heterocycles. The Morgan fingerprint density at radius 2 is 0.609 bits per heavy atom. The molecule has 15 rings (SSSR count). The molecule has 3 aliphatic carbocycles. The molecule has 2 spiro atoms. The molecule has 3 aliphatic rings. The smallest absolute Gasteiger partial charge is 0.0720 e. The molecule has 0 unspecified atom stereocenters. The van der Waals surface area contributed by atoms with E-state index in [4.69, 9.17) is 0 Å². The third-order valence-corrected chi connectivity index (χ3v) is 15.9. The molecule has 0 bridgehead atoms. The summed E-state index contributed by atoms with van der Waals surface area (Å²) in [7, 11) is 0. The van der Waals surface area contributed by atoms with Crippen LogP contribution in [-0.2, 0) is 10.8 Å². The fourth-order valence-corrected chi connectivity index (χ4v) is 13.3. The highest BCUT2D eigenvalue weighted by atomic mass is 15.0. The van der Waals surface area contributed by atoms with Gasteiger partial charge in [0.1, 0.15) is 0 Å². The average molecular weight is 874 g/mol. The maximum atomic E-state index is 2.47. The zero-order valence-electron chi connectivity index (χ0n) is 37.8. The molecule has 11 aromatic carbocycles. The van der Waals surface area contributed by atoms with Crippen molar-refractivity contribution in [1.29, 1.82) is 0 Å². The van der Waals surface area contributed by atoms with Crippen molar-refractivity contribution in [2.45, 2.75) is 10.8 Å². The highest BCUT2D eigenvalue weighted by Crippen LogP contribution is 2.68. The van der Waals surface area contributed by atoms with Gasteiger partial charge in [0.2, 0.25) is 0 Å². The van der Waals surface area contributed by atoms with Crippen LogP contribution in [0, 0.1) is 0 Å². The van der Waals surface area contributed by atoms with Crippen molar-refractivity contribution >= 4 is 21.8 Å². The summed E-state index contributed by atoms with van der Waals surface area (Å²) < 4.78 is 2.46. The monoisotopic (exact) mass is 873 g/mol. The van der Waals surface area contributed by atoms with E-state index in [2.05, 4.69) is 265 Å². The number of hydrogen-bond acceptors (Lipinski definition) is 0. The Kier molecular flexibility index (Phi) is 7.98. The Labute approximate surface area is 401 Å².